The molecule has 3 aromatic rings. The topological polar surface area (TPSA) is 136 Å². The summed E-state index contributed by atoms with van der Waals surface area (Å²) >= 11 is 0. The fourth-order valence-corrected chi connectivity index (χ4v) is 2.36. The Labute approximate surface area is 183 Å². The number of carbonyl (C=O) groups is 1. The maximum Gasteiger partial charge on any atom is 0.137 e. The number of nitriles is 1. The molecule has 0 fully saturated rings. The van der Waals surface area contributed by atoms with Crippen LogP contribution in [0.25, 0.3) is 5.69 Å². The molecule has 3 aromatic heterocycles. The smallest absolute Gasteiger partial charge is 0.137 e. The number of nitrogens with zero attached hydrogens (tertiary/aromatic N) is 5. The number of nitrogen functional groups attached to an aromatic ring is 1. The van der Waals surface area contributed by atoms with Gasteiger partial charge >= 0.3 is 0 Å². The van der Waals surface area contributed by atoms with E-state index in [9.17, 15) is 4.79 Å². The molecule has 3 heterocycles. The van der Waals surface area contributed by atoms with Crippen LogP contribution in [0.1, 0.15) is 44.7 Å². The van der Waals surface area contributed by atoms with E-state index in [1.807, 2.05) is 50.4 Å². The van der Waals surface area contributed by atoms with E-state index in [1.165, 1.54) is 0 Å². The molecule has 1 atom stereocenters. The molecule has 0 spiro atoms. The van der Waals surface area contributed by atoms with Gasteiger partial charge in [-0.1, -0.05) is 27.7 Å². The second-order valence-corrected chi connectivity index (χ2v) is 7.35. The van der Waals surface area contributed by atoms with E-state index in [4.69, 9.17) is 16.7 Å². The molecular weight excluding hydrogens is 390 g/mol. The minimum atomic E-state index is -0.421. The third kappa shape index (κ3) is 8.36. The van der Waals surface area contributed by atoms with E-state index in [0.29, 0.717) is 24.6 Å². The summed E-state index contributed by atoms with van der Waals surface area (Å²) in [4.78, 5) is 17.8. The number of pyridine rings is 2. The van der Waals surface area contributed by atoms with Gasteiger partial charge in [-0.25, -0.2) is 4.68 Å². The van der Waals surface area contributed by atoms with Crippen LogP contribution in [0.2, 0.25) is 0 Å². The predicted octanol–water partition coefficient (Wildman–Crippen LogP) is 3.49. The van der Waals surface area contributed by atoms with Crippen LogP contribution in [-0.4, -0.2) is 26.0 Å². The molecule has 0 saturated carbocycles. The van der Waals surface area contributed by atoms with Crippen molar-refractivity contribution in [3.63, 3.8) is 0 Å². The van der Waals surface area contributed by atoms with E-state index in [-0.39, 0.29) is 5.92 Å². The third-order valence-corrected chi connectivity index (χ3v) is 4.36. The van der Waals surface area contributed by atoms with Crippen molar-refractivity contribution in [3.05, 3.63) is 66.4 Å². The summed E-state index contributed by atoms with van der Waals surface area (Å²) in [6.07, 6.45) is 9.44. The molecule has 0 amide bonds. The normalized spacial score (nSPS) is 10.9. The number of aldehydes is 1. The SMILES string of the molecule is CC(C)C(C#N)C=O.CC(C)c1cnn(-c2ccncc2)c1N.NCc1ccncc1. The zero-order chi connectivity index (χ0) is 23.2. The van der Waals surface area contributed by atoms with Gasteiger partial charge in [0.1, 0.15) is 18.0 Å². The number of rotatable bonds is 5. The van der Waals surface area contributed by atoms with Crippen LogP contribution >= 0.6 is 0 Å². The summed E-state index contributed by atoms with van der Waals surface area (Å²) in [5.41, 5.74) is 14.5. The molecule has 3 rings (SSSR count). The third-order valence-electron chi connectivity index (χ3n) is 4.36. The number of aromatic nitrogens is 4. The first-order chi connectivity index (χ1) is 14.8. The molecule has 0 saturated heterocycles. The van der Waals surface area contributed by atoms with Crippen molar-refractivity contribution < 1.29 is 4.79 Å². The van der Waals surface area contributed by atoms with Gasteiger partial charge in [0.15, 0.2) is 0 Å². The van der Waals surface area contributed by atoms with Crippen molar-refractivity contribution in [2.75, 3.05) is 5.73 Å². The lowest BCUT2D eigenvalue weighted by Crippen LogP contribution is -2.06. The van der Waals surface area contributed by atoms with Gasteiger partial charge in [0, 0.05) is 36.9 Å². The van der Waals surface area contributed by atoms with Crippen LogP contribution in [0.4, 0.5) is 5.82 Å². The van der Waals surface area contributed by atoms with Gasteiger partial charge < -0.3 is 16.3 Å². The molecule has 0 aliphatic heterocycles. The maximum absolute atomic E-state index is 9.96. The summed E-state index contributed by atoms with van der Waals surface area (Å²) in [6.45, 7) is 8.50. The Morgan fingerprint density at radius 3 is 1.94 bits per heavy atom. The minimum absolute atomic E-state index is 0.150. The highest BCUT2D eigenvalue weighted by atomic mass is 16.1. The second-order valence-electron chi connectivity index (χ2n) is 7.35. The zero-order valence-electron chi connectivity index (χ0n) is 18.5. The Morgan fingerprint density at radius 1 is 1.06 bits per heavy atom. The molecule has 0 aromatic carbocycles. The summed E-state index contributed by atoms with van der Waals surface area (Å²) in [5, 5.41) is 12.5. The van der Waals surface area contributed by atoms with Crippen LogP contribution in [0.15, 0.2) is 55.2 Å². The Hall–Kier alpha value is -3.57. The van der Waals surface area contributed by atoms with Crippen LogP contribution in [0.3, 0.4) is 0 Å². The highest BCUT2D eigenvalue weighted by molar-refractivity contribution is 5.57. The highest BCUT2D eigenvalue weighted by Gasteiger charge is 2.11. The van der Waals surface area contributed by atoms with Crippen LogP contribution in [-0.2, 0) is 11.3 Å². The first-order valence-electron chi connectivity index (χ1n) is 10.0. The molecule has 0 aliphatic carbocycles. The van der Waals surface area contributed by atoms with E-state index < -0.39 is 5.92 Å². The van der Waals surface area contributed by atoms with Crippen molar-refractivity contribution in [1.29, 1.82) is 5.26 Å². The van der Waals surface area contributed by atoms with Crippen molar-refractivity contribution in [2.45, 2.75) is 40.2 Å². The van der Waals surface area contributed by atoms with Crippen LogP contribution in [0.5, 0.6) is 0 Å². The minimum Gasteiger partial charge on any atom is -0.383 e. The number of carbonyl (C=O) groups excluding carboxylic acids is 1. The quantitative estimate of drug-likeness (QED) is 0.602. The Kier molecular flexibility index (Phi) is 11.2. The standard InChI is InChI=1S/C11H14N4.C6H8N2.C6H9NO/c1-8(2)10-7-14-15(11(10)12)9-3-5-13-6-4-9;7-5-6-1-3-8-4-2-6;1-5(2)6(3-7)4-8/h3-8H,12H2,1-2H3;1-4H,5,7H2;4-6H,1-2H3. The van der Waals surface area contributed by atoms with Gasteiger partial charge in [0.2, 0.25) is 0 Å². The Morgan fingerprint density at radius 2 is 1.61 bits per heavy atom. The molecule has 8 nitrogen and oxygen atoms in total. The molecule has 0 aliphatic rings. The van der Waals surface area contributed by atoms with Crippen LogP contribution < -0.4 is 11.5 Å². The molecule has 31 heavy (non-hydrogen) atoms. The number of nitrogens with two attached hydrogens (primary N) is 2. The molecule has 4 N–H and O–H groups in total. The molecule has 8 heteroatoms. The van der Waals surface area contributed by atoms with E-state index in [1.54, 1.807) is 29.5 Å². The molecule has 1 unspecified atom stereocenters. The van der Waals surface area contributed by atoms with E-state index in [2.05, 4.69) is 28.9 Å². The Balaban J connectivity index is 0.000000256. The van der Waals surface area contributed by atoms with Gasteiger partial charge in [0.25, 0.3) is 0 Å². The molecule has 164 valence electrons. The first-order valence-corrected chi connectivity index (χ1v) is 10.0. The highest BCUT2D eigenvalue weighted by Crippen LogP contribution is 2.23. The van der Waals surface area contributed by atoms with Crippen molar-refractivity contribution in [2.24, 2.45) is 17.6 Å². The van der Waals surface area contributed by atoms with E-state index in [0.717, 1.165) is 16.8 Å². The number of anilines is 1. The zero-order valence-corrected chi connectivity index (χ0v) is 18.5. The lowest BCUT2D eigenvalue weighted by atomic mass is 10.00. The van der Waals surface area contributed by atoms with Crippen LogP contribution in [0, 0.1) is 23.2 Å². The number of hydrogen-bond donors (Lipinski definition) is 2. The summed E-state index contributed by atoms with van der Waals surface area (Å²) in [5.74, 6) is 0.823. The average molecular weight is 422 g/mol. The van der Waals surface area contributed by atoms with E-state index >= 15 is 0 Å². The van der Waals surface area contributed by atoms with Gasteiger partial charge in [-0.3, -0.25) is 9.97 Å². The maximum atomic E-state index is 9.96. The fourth-order valence-electron chi connectivity index (χ4n) is 2.36. The van der Waals surface area contributed by atoms with Crippen molar-refractivity contribution >= 4 is 12.1 Å². The lowest BCUT2D eigenvalue weighted by molar-refractivity contribution is -0.110. The molecule has 0 bridgehead atoms. The Bertz CT molecular complexity index is 932. The van der Waals surface area contributed by atoms with Gasteiger partial charge in [-0.05, 0) is 41.7 Å². The first kappa shape index (κ1) is 25.5. The summed E-state index contributed by atoms with van der Waals surface area (Å²) in [6, 6.07) is 9.45. The lowest BCUT2D eigenvalue weighted by Gasteiger charge is -2.06. The van der Waals surface area contributed by atoms with Gasteiger partial charge in [0.05, 0.1) is 18.0 Å². The monoisotopic (exact) mass is 421 g/mol. The summed E-state index contributed by atoms with van der Waals surface area (Å²) < 4.78 is 1.73. The molecule has 0 radical (unpaired) electrons. The number of hydrogen-bond acceptors (Lipinski definition) is 7. The van der Waals surface area contributed by atoms with Gasteiger partial charge in [-0.2, -0.15) is 10.4 Å². The second kappa shape index (κ2) is 13.6. The predicted molar refractivity (Wildman–Crippen MR) is 122 cm³/mol. The average Bonchev–Trinajstić information content (AvgIpc) is 3.18. The fraction of sp³-hybridized carbons (Fsp3) is 0.348. The largest absolute Gasteiger partial charge is 0.383 e. The van der Waals surface area contributed by atoms with Gasteiger partial charge in [-0.15, -0.1) is 0 Å². The van der Waals surface area contributed by atoms with Crippen molar-refractivity contribution in [1.82, 2.24) is 19.7 Å². The molecular formula is C23H31N7O. The summed E-state index contributed by atoms with van der Waals surface area (Å²) in [7, 11) is 0. The van der Waals surface area contributed by atoms with Crippen molar-refractivity contribution in [3.8, 4) is 11.8 Å².